The molecule has 166 valence electrons. The van der Waals surface area contributed by atoms with Gasteiger partial charge in [0, 0.05) is 59.2 Å². The molecule has 8 nitrogen and oxygen atoms in total. The van der Waals surface area contributed by atoms with Gasteiger partial charge in [0.05, 0.1) is 18.1 Å². The van der Waals surface area contributed by atoms with Crippen LogP contribution in [0.3, 0.4) is 0 Å². The Labute approximate surface area is 186 Å². The number of hydrogen-bond acceptors (Lipinski definition) is 6. The third-order valence-electron chi connectivity index (χ3n) is 5.34. The lowest BCUT2D eigenvalue weighted by molar-refractivity contribution is -0.136. The molecule has 0 saturated carbocycles. The molecule has 9 heteroatoms. The molecule has 0 spiro atoms. The van der Waals surface area contributed by atoms with E-state index in [4.69, 9.17) is 4.74 Å². The molecule has 2 amide bonds. The summed E-state index contributed by atoms with van der Waals surface area (Å²) in [6, 6.07) is 9.77. The van der Waals surface area contributed by atoms with Gasteiger partial charge in [0.2, 0.25) is 11.8 Å². The zero-order valence-corrected chi connectivity index (χ0v) is 19.0. The van der Waals surface area contributed by atoms with E-state index in [1.165, 1.54) is 16.3 Å². The van der Waals surface area contributed by atoms with E-state index < -0.39 is 0 Å². The Bertz CT molecular complexity index is 985. The molecule has 31 heavy (non-hydrogen) atoms. The summed E-state index contributed by atoms with van der Waals surface area (Å²) in [4.78, 5) is 45.3. The molecule has 1 aliphatic heterocycles. The van der Waals surface area contributed by atoms with Crippen LogP contribution in [-0.4, -0.2) is 70.2 Å². The van der Waals surface area contributed by atoms with E-state index >= 15 is 0 Å². The Balaban J connectivity index is 1.72. The highest BCUT2D eigenvalue weighted by atomic mass is 32.2. The van der Waals surface area contributed by atoms with Gasteiger partial charge in [0.25, 0.3) is 5.56 Å². The molecule has 1 aromatic carbocycles. The first-order valence-corrected chi connectivity index (χ1v) is 11.2. The van der Waals surface area contributed by atoms with Gasteiger partial charge in [0.1, 0.15) is 0 Å². The van der Waals surface area contributed by atoms with Crippen molar-refractivity contribution in [3.8, 4) is 0 Å². The zero-order chi connectivity index (χ0) is 22.4. The largest absolute Gasteiger partial charge is 0.378 e. The molecule has 1 aliphatic rings. The average molecular weight is 445 g/mol. The summed E-state index contributed by atoms with van der Waals surface area (Å²) in [6.07, 6.45) is 0.476. The lowest BCUT2D eigenvalue weighted by Crippen LogP contribution is -2.50. The van der Waals surface area contributed by atoms with E-state index in [1.807, 2.05) is 30.3 Å². The van der Waals surface area contributed by atoms with Gasteiger partial charge in [-0.25, -0.2) is 4.98 Å². The Kier molecular flexibility index (Phi) is 7.86. The first-order valence-electron chi connectivity index (χ1n) is 10.2. The van der Waals surface area contributed by atoms with Crippen LogP contribution in [0.4, 0.5) is 0 Å². The Hall–Kier alpha value is -2.65. The van der Waals surface area contributed by atoms with Crippen LogP contribution >= 0.6 is 11.8 Å². The van der Waals surface area contributed by atoms with Gasteiger partial charge < -0.3 is 14.5 Å². The van der Waals surface area contributed by atoms with Crippen LogP contribution in [0.25, 0.3) is 0 Å². The molecule has 1 fully saturated rings. The number of ether oxygens (including phenoxy) is 1. The second kappa shape index (κ2) is 10.6. The van der Waals surface area contributed by atoms with Crippen LogP contribution in [0.1, 0.15) is 23.7 Å². The van der Waals surface area contributed by atoms with Crippen molar-refractivity contribution in [2.24, 2.45) is 7.05 Å². The number of thioether (sulfide) groups is 1. The third-order valence-corrected chi connectivity index (χ3v) is 6.35. The highest BCUT2D eigenvalue weighted by Crippen LogP contribution is 2.19. The van der Waals surface area contributed by atoms with Crippen molar-refractivity contribution in [1.82, 2.24) is 19.4 Å². The van der Waals surface area contributed by atoms with E-state index in [-0.39, 0.29) is 29.7 Å². The van der Waals surface area contributed by atoms with E-state index in [1.54, 1.807) is 30.9 Å². The van der Waals surface area contributed by atoms with Crippen LogP contribution in [0.2, 0.25) is 0 Å². The molecule has 0 atom stereocenters. The van der Waals surface area contributed by atoms with E-state index in [2.05, 4.69) is 4.98 Å². The smallest absolute Gasteiger partial charge is 0.257 e. The number of rotatable bonds is 7. The predicted molar refractivity (Wildman–Crippen MR) is 119 cm³/mol. The fourth-order valence-electron chi connectivity index (χ4n) is 3.52. The highest BCUT2D eigenvalue weighted by molar-refractivity contribution is 7.99. The summed E-state index contributed by atoms with van der Waals surface area (Å²) in [5.41, 5.74) is 2.10. The number of amides is 2. The quantitative estimate of drug-likeness (QED) is 0.473. The third kappa shape index (κ3) is 5.74. The first kappa shape index (κ1) is 23.0. The van der Waals surface area contributed by atoms with Crippen molar-refractivity contribution in [1.29, 1.82) is 0 Å². The zero-order valence-electron chi connectivity index (χ0n) is 18.2. The number of hydrogen-bond donors (Lipinski definition) is 0. The van der Waals surface area contributed by atoms with Gasteiger partial charge in [-0.3, -0.25) is 19.0 Å². The lowest BCUT2D eigenvalue weighted by atomic mass is 10.0. The lowest BCUT2D eigenvalue weighted by Gasteiger charge is -2.34. The van der Waals surface area contributed by atoms with Crippen LogP contribution < -0.4 is 5.56 Å². The van der Waals surface area contributed by atoms with Gasteiger partial charge in [-0.2, -0.15) is 0 Å². The van der Waals surface area contributed by atoms with Crippen molar-refractivity contribution in [3.63, 3.8) is 0 Å². The van der Waals surface area contributed by atoms with E-state index in [0.29, 0.717) is 49.0 Å². The molecule has 1 aromatic heterocycles. The summed E-state index contributed by atoms with van der Waals surface area (Å²) in [5.74, 6) is 0.191. The number of aromatic nitrogens is 2. The average Bonchev–Trinajstić information content (AvgIpc) is 2.78. The Morgan fingerprint density at radius 1 is 1.10 bits per heavy atom. The number of nitrogens with zero attached hydrogens (tertiary/aromatic N) is 4. The van der Waals surface area contributed by atoms with Gasteiger partial charge in [-0.05, 0) is 5.56 Å². The molecule has 2 heterocycles. The molecule has 2 aromatic rings. The fraction of sp³-hybridized carbons (Fsp3) is 0.455. The second-order valence-corrected chi connectivity index (χ2v) is 8.40. The van der Waals surface area contributed by atoms with E-state index in [9.17, 15) is 14.4 Å². The number of carbonyl (C=O) groups is 2. The minimum Gasteiger partial charge on any atom is -0.378 e. The molecule has 1 saturated heterocycles. The molecule has 3 rings (SSSR count). The van der Waals surface area contributed by atoms with Gasteiger partial charge in [-0.15, -0.1) is 0 Å². The SMILES string of the molecule is COCc1nc(SCC(=O)N2CCN(C(C)=O)CC2)n(C)c(=O)c1Cc1ccccc1. The van der Waals surface area contributed by atoms with Crippen LogP contribution in [0.5, 0.6) is 0 Å². The van der Waals surface area contributed by atoms with Gasteiger partial charge in [0.15, 0.2) is 5.16 Å². The maximum atomic E-state index is 13.1. The predicted octanol–water partition coefficient (Wildman–Crippen LogP) is 1.30. The minimum absolute atomic E-state index is 0.0240. The molecule has 0 N–H and O–H groups in total. The van der Waals surface area contributed by atoms with Crippen molar-refractivity contribution in [3.05, 3.63) is 57.5 Å². The van der Waals surface area contributed by atoms with Crippen LogP contribution in [0, 0.1) is 0 Å². The maximum Gasteiger partial charge on any atom is 0.257 e. The minimum atomic E-state index is -0.129. The molecule has 0 unspecified atom stereocenters. The summed E-state index contributed by atoms with van der Waals surface area (Å²) in [6.45, 7) is 3.92. The normalized spacial score (nSPS) is 14.0. The van der Waals surface area contributed by atoms with Gasteiger partial charge >= 0.3 is 0 Å². The molecular weight excluding hydrogens is 416 g/mol. The summed E-state index contributed by atoms with van der Waals surface area (Å²) < 4.78 is 6.78. The highest BCUT2D eigenvalue weighted by Gasteiger charge is 2.23. The van der Waals surface area contributed by atoms with Crippen LogP contribution in [0.15, 0.2) is 40.3 Å². The molecule has 0 radical (unpaired) electrons. The summed E-state index contributed by atoms with van der Waals surface area (Å²) in [5, 5.41) is 0.490. The number of piperazine rings is 1. The summed E-state index contributed by atoms with van der Waals surface area (Å²) >= 11 is 1.25. The molecular formula is C22H28N4O4S. The standard InChI is InChI=1S/C22H28N4O4S/c1-16(27)25-9-11-26(12-10-25)20(28)15-31-22-23-19(14-30-3)18(21(29)24(22)2)13-17-7-5-4-6-8-17/h4-8H,9-15H2,1-3H3. The van der Waals surface area contributed by atoms with Crippen molar-refractivity contribution >= 4 is 23.6 Å². The van der Waals surface area contributed by atoms with Crippen LogP contribution in [-0.2, 0) is 34.4 Å². The Morgan fingerprint density at radius 3 is 2.35 bits per heavy atom. The van der Waals surface area contributed by atoms with Gasteiger partial charge in [-0.1, -0.05) is 42.1 Å². The number of benzene rings is 1. The van der Waals surface area contributed by atoms with E-state index in [0.717, 1.165) is 5.56 Å². The maximum absolute atomic E-state index is 13.1. The Morgan fingerprint density at radius 2 is 1.74 bits per heavy atom. The fourth-order valence-corrected chi connectivity index (χ4v) is 4.41. The number of methoxy groups -OCH3 is 1. The first-order chi connectivity index (χ1) is 14.9. The monoisotopic (exact) mass is 444 g/mol. The van der Waals surface area contributed by atoms with Crippen molar-refractivity contribution in [2.75, 3.05) is 39.0 Å². The van der Waals surface area contributed by atoms with Crippen molar-refractivity contribution in [2.45, 2.75) is 25.1 Å². The molecule has 0 bridgehead atoms. The number of carbonyl (C=O) groups excluding carboxylic acids is 2. The second-order valence-electron chi connectivity index (χ2n) is 7.45. The topological polar surface area (TPSA) is 84.7 Å². The molecule has 0 aliphatic carbocycles. The van der Waals surface area contributed by atoms with Crippen molar-refractivity contribution < 1.29 is 14.3 Å². The summed E-state index contributed by atoms with van der Waals surface area (Å²) in [7, 11) is 3.25.